The molecule has 0 aromatic carbocycles. The number of nitrogens with zero attached hydrogens (tertiary/aromatic N) is 1. The molecule has 0 unspecified atom stereocenters. The smallest absolute Gasteiger partial charge is 0.379 e. The van der Waals surface area contributed by atoms with E-state index in [1.807, 2.05) is 0 Å². The molecule has 2 rings (SSSR count). The fourth-order valence-corrected chi connectivity index (χ4v) is 2.54. The minimum absolute atomic E-state index is 0.192. The molecular formula is C10H17F3N2O. The van der Waals surface area contributed by atoms with Gasteiger partial charge in [0.15, 0.2) is 5.60 Å². The quantitative estimate of drug-likeness (QED) is 0.707. The lowest BCUT2D eigenvalue weighted by molar-refractivity contribution is -0.254. The second kappa shape index (κ2) is 4.16. The summed E-state index contributed by atoms with van der Waals surface area (Å²) in [6.07, 6.45) is -2.96. The standard InChI is InChI=1S/C10H17F3N2O/c11-10(12,13)9(16)3-6-15(7-9)8-1-4-14-5-2-8/h8,14,16H,1-7H2/t9-/m1/s1. The third kappa shape index (κ3) is 2.19. The first-order valence-corrected chi connectivity index (χ1v) is 5.66. The molecule has 2 saturated heterocycles. The van der Waals surface area contributed by atoms with E-state index >= 15 is 0 Å². The van der Waals surface area contributed by atoms with Crippen molar-refractivity contribution in [1.82, 2.24) is 10.2 Å². The number of hydrogen-bond donors (Lipinski definition) is 2. The molecule has 2 N–H and O–H groups in total. The van der Waals surface area contributed by atoms with Crippen molar-refractivity contribution in [1.29, 1.82) is 0 Å². The Balaban J connectivity index is 1.96. The number of alkyl halides is 3. The summed E-state index contributed by atoms with van der Waals surface area (Å²) < 4.78 is 37.8. The number of β-amino-alcohol motifs (C(OH)–C–C–N with tert-alkyl or cyclic N) is 1. The summed E-state index contributed by atoms with van der Waals surface area (Å²) in [5.41, 5.74) is -2.49. The first-order chi connectivity index (χ1) is 7.42. The highest BCUT2D eigenvalue weighted by Crippen LogP contribution is 2.38. The maximum Gasteiger partial charge on any atom is 0.418 e. The van der Waals surface area contributed by atoms with Gasteiger partial charge in [-0.15, -0.1) is 0 Å². The van der Waals surface area contributed by atoms with Crippen molar-refractivity contribution in [3.05, 3.63) is 0 Å². The predicted molar refractivity (Wildman–Crippen MR) is 53.1 cm³/mol. The Morgan fingerprint density at radius 3 is 2.38 bits per heavy atom. The van der Waals surface area contributed by atoms with Crippen molar-refractivity contribution in [3.8, 4) is 0 Å². The van der Waals surface area contributed by atoms with Crippen LogP contribution in [0.5, 0.6) is 0 Å². The van der Waals surface area contributed by atoms with Crippen molar-refractivity contribution < 1.29 is 18.3 Å². The van der Waals surface area contributed by atoms with Gasteiger partial charge in [0, 0.05) is 19.1 Å². The highest BCUT2D eigenvalue weighted by atomic mass is 19.4. The van der Waals surface area contributed by atoms with Crippen molar-refractivity contribution in [2.45, 2.75) is 37.1 Å². The zero-order valence-electron chi connectivity index (χ0n) is 9.06. The Morgan fingerprint density at radius 1 is 1.25 bits per heavy atom. The molecule has 0 saturated carbocycles. The molecule has 0 amide bonds. The number of nitrogens with one attached hydrogen (secondary N) is 1. The molecule has 2 aliphatic heterocycles. The van der Waals surface area contributed by atoms with Crippen LogP contribution in [0.3, 0.4) is 0 Å². The molecule has 0 bridgehead atoms. The summed E-state index contributed by atoms with van der Waals surface area (Å²) in [7, 11) is 0. The lowest BCUT2D eigenvalue weighted by Gasteiger charge is -2.33. The Hall–Kier alpha value is -0.330. The lowest BCUT2D eigenvalue weighted by Crippen LogP contribution is -2.49. The van der Waals surface area contributed by atoms with Crippen LogP contribution in [0.25, 0.3) is 0 Å². The van der Waals surface area contributed by atoms with Crippen LogP contribution < -0.4 is 5.32 Å². The van der Waals surface area contributed by atoms with Gasteiger partial charge in [-0.05, 0) is 32.4 Å². The summed E-state index contributed by atoms with van der Waals surface area (Å²) in [4.78, 5) is 1.79. The van der Waals surface area contributed by atoms with Gasteiger partial charge in [0.1, 0.15) is 0 Å². The van der Waals surface area contributed by atoms with Gasteiger partial charge in [0.05, 0.1) is 0 Å². The monoisotopic (exact) mass is 238 g/mol. The summed E-state index contributed by atoms with van der Waals surface area (Å²) in [5.74, 6) is 0. The van der Waals surface area contributed by atoms with Gasteiger partial charge in [-0.3, -0.25) is 4.90 Å². The van der Waals surface area contributed by atoms with Gasteiger partial charge in [-0.25, -0.2) is 0 Å². The average Bonchev–Trinajstić information content (AvgIpc) is 2.63. The molecule has 2 heterocycles. The highest BCUT2D eigenvalue weighted by molar-refractivity contribution is 4.98. The van der Waals surface area contributed by atoms with Gasteiger partial charge in [0.25, 0.3) is 0 Å². The van der Waals surface area contributed by atoms with E-state index in [9.17, 15) is 18.3 Å². The van der Waals surface area contributed by atoms with Crippen molar-refractivity contribution in [2.75, 3.05) is 26.2 Å². The Bertz CT molecular complexity index is 253. The molecule has 0 aliphatic carbocycles. The Kier molecular flexibility index (Phi) is 3.16. The molecule has 0 radical (unpaired) electrons. The first kappa shape index (κ1) is 12.1. The van der Waals surface area contributed by atoms with E-state index in [0.717, 1.165) is 25.9 Å². The molecule has 0 aromatic heterocycles. The molecule has 3 nitrogen and oxygen atoms in total. The van der Waals surface area contributed by atoms with Gasteiger partial charge in [0.2, 0.25) is 0 Å². The van der Waals surface area contributed by atoms with E-state index in [-0.39, 0.29) is 19.0 Å². The molecule has 0 spiro atoms. The molecule has 16 heavy (non-hydrogen) atoms. The van der Waals surface area contributed by atoms with Crippen LogP contribution in [0.1, 0.15) is 19.3 Å². The normalized spacial score (nSPS) is 34.5. The largest absolute Gasteiger partial charge is 0.418 e. The summed E-state index contributed by atoms with van der Waals surface area (Å²) in [6.45, 7) is 1.79. The van der Waals surface area contributed by atoms with Gasteiger partial charge >= 0.3 is 6.18 Å². The molecule has 1 atom stereocenters. The number of aliphatic hydroxyl groups is 1. The molecular weight excluding hydrogens is 221 g/mol. The summed E-state index contributed by atoms with van der Waals surface area (Å²) >= 11 is 0. The van der Waals surface area contributed by atoms with Gasteiger partial charge in [-0.1, -0.05) is 0 Å². The van der Waals surface area contributed by atoms with Crippen LogP contribution in [0.15, 0.2) is 0 Å². The number of rotatable bonds is 1. The van der Waals surface area contributed by atoms with E-state index in [4.69, 9.17) is 0 Å². The van der Waals surface area contributed by atoms with Crippen molar-refractivity contribution in [2.24, 2.45) is 0 Å². The van der Waals surface area contributed by atoms with Crippen LogP contribution in [0, 0.1) is 0 Å². The maximum atomic E-state index is 12.6. The number of piperidine rings is 1. The van der Waals surface area contributed by atoms with Gasteiger partial charge in [-0.2, -0.15) is 13.2 Å². The zero-order valence-corrected chi connectivity index (χ0v) is 9.06. The molecule has 6 heteroatoms. The number of hydrogen-bond acceptors (Lipinski definition) is 3. The van der Waals surface area contributed by atoms with Crippen molar-refractivity contribution in [3.63, 3.8) is 0 Å². The van der Waals surface area contributed by atoms with Crippen LogP contribution in [0.4, 0.5) is 13.2 Å². The third-order valence-electron chi connectivity index (χ3n) is 3.63. The zero-order chi connectivity index (χ0) is 11.8. The Labute approximate surface area is 92.6 Å². The first-order valence-electron chi connectivity index (χ1n) is 5.66. The minimum Gasteiger partial charge on any atom is -0.379 e. The van der Waals surface area contributed by atoms with E-state index in [1.165, 1.54) is 0 Å². The second-order valence-corrected chi connectivity index (χ2v) is 4.73. The van der Waals surface area contributed by atoms with Crippen LogP contribution >= 0.6 is 0 Å². The maximum absolute atomic E-state index is 12.6. The van der Waals surface area contributed by atoms with E-state index in [1.54, 1.807) is 4.90 Å². The number of likely N-dealkylation sites (tertiary alicyclic amines) is 1. The SMILES string of the molecule is O[C@]1(C(F)(F)F)CCN(C2CCNCC2)C1. The van der Waals surface area contributed by atoms with Crippen LogP contribution in [0.2, 0.25) is 0 Å². The second-order valence-electron chi connectivity index (χ2n) is 4.73. The lowest BCUT2D eigenvalue weighted by atomic mass is 10.0. The number of halogens is 3. The average molecular weight is 238 g/mol. The van der Waals surface area contributed by atoms with E-state index in [0.29, 0.717) is 6.54 Å². The minimum atomic E-state index is -4.51. The predicted octanol–water partition coefficient (Wildman–Crippen LogP) is 0.738. The fraction of sp³-hybridized carbons (Fsp3) is 1.00. The van der Waals surface area contributed by atoms with Crippen molar-refractivity contribution >= 4 is 0 Å². The Morgan fingerprint density at radius 2 is 1.88 bits per heavy atom. The van der Waals surface area contributed by atoms with E-state index < -0.39 is 11.8 Å². The van der Waals surface area contributed by atoms with Crippen LogP contribution in [-0.2, 0) is 0 Å². The fourth-order valence-electron chi connectivity index (χ4n) is 2.54. The van der Waals surface area contributed by atoms with Crippen LogP contribution in [-0.4, -0.2) is 54.0 Å². The summed E-state index contributed by atoms with van der Waals surface area (Å²) in [6, 6.07) is 0.192. The molecule has 94 valence electrons. The van der Waals surface area contributed by atoms with E-state index in [2.05, 4.69) is 5.32 Å². The third-order valence-corrected chi connectivity index (χ3v) is 3.63. The molecule has 2 aliphatic rings. The molecule has 0 aromatic rings. The topological polar surface area (TPSA) is 35.5 Å². The van der Waals surface area contributed by atoms with Gasteiger partial charge < -0.3 is 10.4 Å². The highest BCUT2D eigenvalue weighted by Gasteiger charge is 2.57. The molecule has 2 fully saturated rings. The summed E-state index contributed by atoms with van der Waals surface area (Å²) in [5, 5.41) is 12.7.